The summed E-state index contributed by atoms with van der Waals surface area (Å²) in [6.45, 7) is 6.07. The summed E-state index contributed by atoms with van der Waals surface area (Å²) < 4.78 is 6.83. The van der Waals surface area contributed by atoms with Crippen molar-refractivity contribution in [3.8, 4) is 0 Å². The number of H-pyrrole nitrogens is 1. The second kappa shape index (κ2) is 7.08. The molecule has 0 spiro atoms. The molecule has 0 bridgehead atoms. The molecule has 0 aliphatic rings. The van der Waals surface area contributed by atoms with Crippen LogP contribution in [0.1, 0.15) is 32.9 Å². The van der Waals surface area contributed by atoms with Crippen LogP contribution in [-0.4, -0.2) is 27.0 Å². The smallest absolute Gasteiger partial charge is 0.265 e. The van der Waals surface area contributed by atoms with Gasteiger partial charge in [-0.2, -0.15) is 0 Å². The van der Waals surface area contributed by atoms with Crippen molar-refractivity contribution in [1.82, 2.24) is 19.9 Å². The van der Waals surface area contributed by atoms with Crippen molar-refractivity contribution in [3.05, 3.63) is 62.0 Å². The van der Waals surface area contributed by atoms with E-state index in [1.165, 1.54) is 10.9 Å². The lowest BCUT2D eigenvalue weighted by Crippen LogP contribution is -2.28. The molecule has 7 nitrogen and oxygen atoms in total. The van der Waals surface area contributed by atoms with Gasteiger partial charge in [0.1, 0.15) is 17.5 Å². The molecule has 1 aromatic carbocycles. The minimum atomic E-state index is -0.355. The van der Waals surface area contributed by atoms with Crippen LogP contribution in [0.15, 0.2) is 27.7 Å². The lowest BCUT2D eigenvalue weighted by Gasteiger charge is -2.07. The summed E-state index contributed by atoms with van der Waals surface area (Å²) in [7, 11) is 1.59. The van der Waals surface area contributed by atoms with Crippen molar-refractivity contribution in [2.24, 2.45) is 7.05 Å². The number of hydrogen-bond donors (Lipinski definition) is 2. The monoisotopic (exact) mass is 412 g/mol. The van der Waals surface area contributed by atoms with Crippen LogP contribution < -0.4 is 10.9 Å². The van der Waals surface area contributed by atoms with Crippen molar-refractivity contribution in [1.29, 1.82) is 0 Å². The number of fused-ring (bicyclic) bond motifs is 2. The molecule has 0 radical (unpaired) electrons. The number of benzene rings is 1. The van der Waals surface area contributed by atoms with Crippen molar-refractivity contribution < 1.29 is 9.21 Å². The first-order valence-electron chi connectivity index (χ1n) is 9.28. The Labute approximate surface area is 171 Å². The molecule has 0 saturated carbocycles. The van der Waals surface area contributed by atoms with Crippen molar-refractivity contribution in [3.63, 3.8) is 0 Å². The van der Waals surface area contributed by atoms with E-state index in [4.69, 9.17) is 16.0 Å². The Morgan fingerprint density at radius 3 is 2.79 bits per heavy atom. The maximum Gasteiger partial charge on any atom is 0.265 e. The normalized spacial score (nSPS) is 11.5. The lowest BCUT2D eigenvalue weighted by atomic mass is 10.1. The van der Waals surface area contributed by atoms with Gasteiger partial charge in [0.25, 0.3) is 11.5 Å². The van der Waals surface area contributed by atoms with E-state index in [0.717, 1.165) is 27.7 Å². The third-order valence-electron chi connectivity index (χ3n) is 5.27. The molecule has 2 N–H and O–H groups in total. The summed E-state index contributed by atoms with van der Waals surface area (Å²) in [5.74, 6) is 0.0152. The van der Waals surface area contributed by atoms with Gasteiger partial charge in [-0.3, -0.25) is 9.59 Å². The van der Waals surface area contributed by atoms with E-state index < -0.39 is 0 Å². The van der Waals surface area contributed by atoms with Gasteiger partial charge in [-0.25, -0.2) is 4.98 Å². The summed E-state index contributed by atoms with van der Waals surface area (Å²) in [6.07, 6.45) is 1.98. The van der Waals surface area contributed by atoms with Gasteiger partial charge < -0.3 is 19.3 Å². The van der Waals surface area contributed by atoms with Gasteiger partial charge in [0.2, 0.25) is 5.71 Å². The van der Waals surface area contributed by atoms with Gasteiger partial charge in [0.05, 0.1) is 16.1 Å². The predicted molar refractivity (Wildman–Crippen MR) is 113 cm³/mol. The van der Waals surface area contributed by atoms with Gasteiger partial charge in [0.15, 0.2) is 0 Å². The SMILES string of the molecule is Cc1[nH]c2c(C)ccc(Cl)c2c1CCNC(=O)c1c(C)oc2ncn(C)c(=O)c12. The van der Waals surface area contributed by atoms with Crippen LogP contribution in [-0.2, 0) is 13.5 Å². The average molecular weight is 413 g/mol. The van der Waals surface area contributed by atoms with Gasteiger partial charge >= 0.3 is 0 Å². The molecule has 150 valence electrons. The maximum absolute atomic E-state index is 12.8. The maximum atomic E-state index is 12.8. The number of amides is 1. The Balaban J connectivity index is 1.60. The topological polar surface area (TPSA) is 92.9 Å². The first kappa shape index (κ1) is 19.3. The van der Waals surface area contributed by atoms with E-state index in [-0.39, 0.29) is 28.1 Å². The fourth-order valence-electron chi connectivity index (χ4n) is 3.75. The molecule has 8 heteroatoms. The van der Waals surface area contributed by atoms with Crippen LogP contribution in [0.4, 0.5) is 0 Å². The number of hydrogen-bond acceptors (Lipinski definition) is 4. The number of carbonyl (C=O) groups is 1. The summed E-state index contributed by atoms with van der Waals surface area (Å²) >= 11 is 6.42. The average Bonchev–Trinajstić information content (AvgIpc) is 3.19. The number of halogens is 1. The van der Waals surface area contributed by atoms with Gasteiger partial charge in [-0.15, -0.1) is 0 Å². The van der Waals surface area contributed by atoms with Crippen LogP contribution in [0.25, 0.3) is 22.0 Å². The zero-order valence-electron chi connectivity index (χ0n) is 16.6. The molecule has 4 rings (SSSR count). The molecule has 0 aliphatic carbocycles. The van der Waals surface area contributed by atoms with E-state index in [0.29, 0.717) is 23.7 Å². The van der Waals surface area contributed by atoms with Gasteiger partial charge in [-0.05, 0) is 44.4 Å². The Morgan fingerprint density at radius 2 is 2.03 bits per heavy atom. The molecule has 29 heavy (non-hydrogen) atoms. The number of nitrogens with one attached hydrogen (secondary N) is 2. The molecule has 3 aromatic heterocycles. The Kier molecular flexibility index (Phi) is 4.70. The second-order valence-electron chi connectivity index (χ2n) is 7.22. The Morgan fingerprint density at radius 1 is 1.28 bits per heavy atom. The summed E-state index contributed by atoms with van der Waals surface area (Å²) in [4.78, 5) is 32.7. The lowest BCUT2D eigenvalue weighted by molar-refractivity contribution is 0.0954. The van der Waals surface area contributed by atoms with Crippen molar-refractivity contribution >= 4 is 39.5 Å². The van der Waals surface area contributed by atoms with Crippen LogP contribution >= 0.6 is 11.6 Å². The van der Waals surface area contributed by atoms with Gasteiger partial charge in [-0.1, -0.05) is 17.7 Å². The number of aromatic nitrogens is 3. The zero-order valence-corrected chi connectivity index (χ0v) is 17.4. The molecule has 0 saturated heterocycles. The molecular weight excluding hydrogens is 392 g/mol. The number of furan rings is 1. The summed E-state index contributed by atoms with van der Waals surface area (Å²) in [5.41, 5.74) is 4.32. The number of nitrogens with zero attached hydrogens (tertiary/aromatic N) is 2. The third-order valence-corrected chi connectivity index (χ3v) is 5.58. The first-order chi connectivity index (χ1) is 13.8. The molecule has 3 heterocycles. The Hall–Kier alpha value is -3.06. The molecule has 1 amide bonds. The van der Waals surface area contributed by atoms with Crippen molar-refractivity contribution in [2.75, 3.05) is 6.54 Å². The van der Waals surface area contributed by atoms with Crippen LogP contribution in [0.2, 0.25) is 5.02 Å². The first-order valence-corrected chi connectivity index (χ1v) is 9.66. The molecule has 0 aliphatic heterocycles. The van der Waals surface area contributed by atoms with Crippen molar-refractivity contribution in [2.45, 2.75) is 27.2 Å². The molecular formula is C21H21ClN4O3. The Bertz CT molecular complexity index is 1330. The predicted octanol–water partition coefficient (Wildman–Crippen LogP) is 3.56. The summed E-state index contributed by atoms with van der Waals surface area (Å²) in [5, 5.41) is 4.77. The van der Waals surface area contributed by atoms with E-state index in [1.807, 2.05) is 26.0 Å². The van der Waals surface area contributed by atoms with Gasteiger partial charge in [0, 0.05) is 24.7 Å². The largest absolute Gasteiger partial charge is 0.442 e. The highest BCUT2D eigenvalue weighted by Gasteiger charge is 2.22. The third kappa shape index (κ3) is 3.11. The molecule has 0 atom stereocenters. The quantitative estimate of drug-likeness (QED) is 0.536. The standard InChI is InChI=1S/C21H21ClN4O3/c1-10-5-6-14(22)16-13(11(2)25-18(10)16)7-8-23-19(27)15-12(3)29-20-17(15)21(28)26(4)9-24-20/h5-6,9,25H,7-8H2,1-4H3,(H,23,27). The number of carbonyl (C=O) groups excluding carboxylic acids is 1. The minimum absolute atomic E-state index is 0.172. The number of rotatable bonds is 4. The molecule has 0 unspecified atom stereocenters. The van der Waals surface area contributed by atoms with E-state index in [9.17, 15) is 9.59 Å². The van der Waals surface area contributed by atoms with Crippen LogP contribution in [0.3, 0.4) is 0 Å². The van der Waals surface area contributed by atoms with E-state index in [1.54, 1.807) is 14.0 Å². The fraction of sp³-hybridized carbons (Fsp3) is 0.286. The fourth-order valence-corrected chi connectivity index (χ4v) is 4.02. The zero-order chi connectivity index (χ0) is 20.9. The number of aromatic amines is 1. The summed E-state index contributed by atoms with van der Waals surface area (Å²) in [6, 6.07) is 3.87. The second-order valence-corrected chi connectivity index (χ2v) is 7.63. The highest BCUT2D eigenvalue weighted by molar-refractivity contribution is 6.35. The van der Waals surface area contributed by atoms with E-state index >= 15 is 0 Å². The van der Waals surface area contributed by atoms with Crippen LogP contribution in [0.5, 0.6) is 0 Å². The molecule has 0 fully saturated rings. The van der Waals surface area contributed by atoms with Crippen LogP contribution in [0, 0.1) is 20.8 Å². The minimum Gasteiger partial charge on any atom is -0.442 e. The van der Waals surface area contributed by atoms with E-state index in [2.05, 4.69) is 15.3 Å². The highest BCUT2D eigenvalue weighted by atomic mass is 35.5. The highest BCUT2D eigenvalue weighted by Crippen LogP contribution is 2.31. The number of aryl methyl sites for hydroxylation is 4. The molecule has 4 aromatic rings.